The van der Waals surface area contributed by atoms with E-state index >= 15 is 0 Å². The summed E-state index contributed by atoms with van der Waals surface area (Å²) in [6.45, 7) is 9.44. The van der Waals surface area contributed by atoms with Gasteiger partial charge in [0.25, 0.3) is 0 Å². The molecule has 0 aliphatic carbocycles. The second-order valence-electron chi connectivity index (χ2n) is 4.81. The Morgan fingerprint density at radius 3 is 2.28 bits per heavy atom. The Kier molecular flexibility index (Phi) is 6.90. The van der Waals surface area contributed by atoms with Crippen LogP contribution in [0.15, 0.2) is 22.7 Å². The Balaban J connectivity index is 2.98. The van der Waals surface area contributed by atoms with Crippen molar-refractivity contribution in [3.05, 3.63) is 33.8 Å². The molecule has 0 saturated carbocycles. The third-order valence-electron chi connectivity index (χ3n) is 3.20. The molecule has 0 fully saturated rings. The van der Waals surface area contributed by atoms with Crippen LogP contribution >= 0.6 is 15.9 Å². The number of rotatable bonds is 7. The molecule has 0 aliphatic heterocycles. The molecule has 0 spiro atoms. The van der Waals surface area contributed by atoms with Gasteiger partial charge in [0.15, 0.2) is 0 Å². The number of hydrogen-bond acceptors (Lipinski definition) is 2. The Morgan fingerprint density at radius 1 is 1.22 bits per heavy atom. The standard InChI is InChI=1S/C15H25BrN2/c1-4-8-18(9-5-2)15(11-17)13-7-6-12(3)10-14(13)16/h6-7,10,15H,4-5,8-9,11,17H2,1-3H3. The normalized spacial score (nSPS) is 13.0. The summed E-state index contributed by atoms with van der Waals surface area (Å²) in [5.74, 6) is 0. The molecule has 1 aromatic rings. The minimum Gasteiger partial charge on any atom is -0.329 e. The minimum atomic E-state index is 0.319. The average Bonchev–Trinajstić information content (AvgIpc) is 2.33. The summed E-state index contributed by atoms with van der Waals surface area (Å²) in [6.07, 6.45) is 2.33. The van der Waals surface area contributed by atoms with Crippen molar-refractivity contribution in [1.29, 1.82) is 0 Å². The van der Waals surface area contributed by atoms with Gasteiger partial charge in [-0.2, -0.15) is 0 Å². The lowest BCUT2D eigenvalue weighted by Crippen LogP contribution is -2.35. The van der Waals surface area contributed by atoms with Crippen LogP contribution in [-0.4, -0.2) is 24.5 Å². The van der Waals surface area contributed by atoms with Crippen molar-refractivity contribution in [2.24, 2.45) is 5.73 Å². The van der Waals surface area contributed by atoms with E-state index < -0.39 is 0 Å². The van der Waals surface area contributed by atoms with E-state index in [0.717, 1.165) is 13.1 Å². The number of aryl methyl sites for hydroxylation is 1. The SMILES string of the molecule is CCCN(CCC)C(CN)c1ccc(C)cc1Br. The van der Waals surface area contributed by atoms with E-state index in [1.54, 1.807) is 0 Å². The Morgan fingerprint density at radius 2 is 1.83 bits per heavy atom. The summed E-state index contributed by atoms with van der Waals surface area (Å²) in [6, 6.07) is 6.86. The molecule has 0 aliphatic rings. The maximum atomic E-state index is 6.01. The van der Waals surface area contributed by atoms with Crippen LogP contribution in [0, 0.1) is 6.92 Å². The molecule has 0 amide bonds. The molecule has 2 nitrogen and oxygen atoms in total. The fourth-order valence-electron chi connectivity index (χ4n) is 2.37. The number of halogens is 1. The summed E-state index contributed by atoms with van der Waals surface area (Å²) in [4.78, 5) is 2.50. The van der Waals surface area contributed by atoms with E-state index in [1.165, 1.54) is 28.4 Å². The Bertz CT molecular complexity index is 360. The predicted octanol–water partition coefficient (Wildman–Crippen LogP) is 3.88. The smallest absolute Gasteiger partial charge is 0.0481 e. The van der Waals surface area contributed by atoms with Crippen molar-refractivity contribution in [2.75, 3.05) is 19.6 Å². The number of hydrogen-bond donors (Lipinski definition) is 1. The Hall–Kier alpha value is -0.380. The first-order valence-electron chi connectivity index (χ1n) is 6.84. The predicted molar refractivity (Wildman–Crippen MR) is 82.8 cm³/mol. The zero-order valence-corrected chi connectivity index (χ0v) is 13.3. The van der Waals surface area contributed by atoms with Gasteiger partial charge < -0.3 is 5.73 Å². The molecule has 0 bridgehead atoms. The lowest BCUT2D eigenvalue weighted by atomic mass is 10.0. The second-order valence-corrected chi connectivity index (χ2v) is 5.67. The molecule has 1 aromatic carbocycles. The van der Waals surface area contributed by atoms with Gasteiger partial charge in [0.05, 0.1) is 0 Å². The molecule has 0 saturated heterocycles. The fraction of sp³-hybridized carbons (Fsp3) is 0.600. The van der Waals surface area contributed by atoms with Crippen LogP contribution in [0.2, 0.25) is 0 Å². The first-order chi connectivity index (χ1) is 8.63. The summed E-state index contributed by atoms with van der Waals surface area (Å²) in [5, 5.41) is 0. The van der Waals surface area contributed by atoms with Crippen LogP contribution < -0.4 is 5.73 Å². The van der Waals surface area contributed by atoms with Crippen LogP contribution in [-0.2, 0) is 0 Å². The molecule has 0 aromatic heterocycles. The van der Waals surface area contributed by atoms with Crippen LogP contribution in [0.25, 0.3) is 0 Å². The molecule has 2 N–H and O–H groups in total. The molecule has 0 radical (unpaired) electrons. The first kappa shape index (κ1) is 15.7. The van der Waals surface area contributed by atoms with Gasteiger partial charge in [-0.3, -0.25) is 4.90 Å². The van der Waals surface area contributed by atoms with Crippen molar-refractivity contribution in [3.8, 4) is 0 Å². The zero-order valence-electron chi connectivity index (χ0n) is 11.7. The topological polar surface area (TPSA) is 29.3 Å². The molecule has 3 heteroatoms. The molecular formula is C15H25BrN2. The maximum Gasteiger partial charge on any atom is 0.0481 e. The number of nitrogens with two attached hydrogens (primary N) is 1. The van der Waals surface area contributed by atoms with Gasteiger partial charge >= 0.3 is 0 Å². The van der Waals surface area contributed by atoms with Gasteiger partial charge in [0.2, 0.25) is 0 Å². The van der Waals surface area contributed by atoms with Crippen molar-refractivity contribution in [2.45, 2.75) is 39.7 Å². The highest BCUT2D eigenvalue weighted by Crippen LogP contribution is 2.28. The lowest BCUT2D eigenvalue weighted by molar-refractivity contribution is 0.201. The van der Waals surface area contributed by atoms with E-state index in [2.05, 4.69) is 59.8 Å². The van der Waals surface area contributed by atoms with Crippen LogP contribution in [0.1, 0.15) is 43.9 Å². The van der Waals surface area contributed by atoms with Crippen LogP contribution in [0.3, 0.4) is 0 Å². The molecule has 18 heavy (non-hydrogen) atoms. The summed E-state index contributed by atoms with van der Waals surface area (Å²) < 4.78 is 1.18. The maximum absolute atomic E-state index is 6.01. The fourth-order valence-corrected chi connectivity index (χ4v) is 3.13. The van der Waals surface area contributed by atoms with Gasteiger partial charge in [-0.25, -0.2) is 0 Å². The summed E-state index contributed by atoms with van der Waals surface area (Å²) in [7, 11) is 0. The summed E-state index contributed by atoms with van der Waals surface area (Å²) >= 11 is 3.68. The van der Waals surface area contributed by atoms with Gasteiger partial charge in [0.1, 0.15) is 0 Å². The monoisotopic (exact) mass is 312 g/mol. The largest absolute Gasteiger partial charge is 0.329 e. The number of benzene rings is 1. The number of nitrogens with zero attached hydrogens (tertiary/aromatic N) is 1. The molecular weight excluding hydrogens is 288 g/mol. The van der Waals surface area contributed by atoms with Crippen molar-refractivity contribution < 1.29 is 0 Å². The second kappa shape index (κ2) is 7.93. The van der Waals surface area contributed by atoms with E-state index in [-0.39, 0.29) is 0 Å². The van der Waals surface area contributed by atoms with E-state index in [1.807, 2.05) is 0 Å². The zero-order chi connectivity index (χ0) is 13.5. The third kappa shape index (κ3) is 4.08. The van der Waals surface area contributed by atoms with Gasteiger partial charge in [-0.05, 0) is 50.0 Å². The molecule has 0 heterocycles. The quantitative estimate of drug-likeness (QED) is 0.828. The van der Waals surface area contributed by atoms with Crippen LogP contribution in [0.5, 0.6) is 0 Å². The highest BCUT2D eigenvalue weighted by Gasteiger charge is 2.19. The lowest BCUT2D eigenvalue weighted by Gasteiger charge is -2.31. The average molecular weight is 313 g/mol. The molecule has 102 valence electrons. The Labute approximate surface area is 120 Å². The van der Waals surface area contributed by atoms with E-state index in [4.69, 9.17) is 5.73 Å². The summed E-state index contributed by atoms with van der Waals surface area (Å²) in [5.41, 5.74) is 8.60. The van der Waals surface area contributed by atoms with Gasteiger partial charge in [-0.15, -0.1) is 0 Å². The van der Waals surface area contributed by atoms with Crippen molar-refractivity contribution in [1.82, 2.24) is 4.90 Å². The molecule has 1 rings (SSSR count). The highest BCUT2D eigenvalue weighted by molar-refractivity contribution is 9.10. The van der Waals surface area contributed by atoms with Crippen molar-refractivity contribution in [3.63, 3.8) is 0 Å². The molecule has 1 atom stereocenters. The van der Waals surface area contributed by atoms with Gasteiger partial charge in [-0.1, -0.05) is 41.9 Å². The third-order valence-corrected chi connectivity index (χ3v) is 3.89. The minimum absolute atomic E-state index is 0.319. The van der Waals surface area contributed by atoms with Crippen molar-refractivity contribution >= 4 is 15.9 Å². The highest BCUT2D eigenvalue weighted by atomic mass is 79.9. The van der Waals surface area contributed by atoms with E-state index in [9.17, 15) is 0 Å². The first-order valence-corrected chi connectivity index (χ1v) is 7.63. The van der Waals surface area contributed by atoms with E-state index in [0.29, 0.717) is 12.6 Å². The van der Waals surface area contributed by atoms with Crippen LogP contribution in [0.4, 0.5) is 0 Å². The van der Waals surface area contributed by atoms with Gasteiger partial charge in [0, 0.05) is 17.1 Å². The molecule has 1 unspecified atom stereocenters.